The van der Waals surface area contributed by atoms with Crippen LogP contribution < -0.4 is 15.4 Å². The van der Waals surface area contributed by atoms with Crippen molar-refractivity contribution < 1.29 is 19.4 Å². The van der Waals surface area contributed by atoms with E-state index >= 15 is 0 Å². The second kappa shape index (κ2) is 11.1. The molecule has 0 aliphatic rings. The number of hydrogen-bond donors (Lipinski definition) is 3. The van der Waals surface area contributed by atoms with Crippen molar-refractivity contribution in [3.8, 4) is 5.75 Å². The van der Waals surface area contributed by atoms with Gasteiger partial charge in [0, 0.05) is 18.4 Å². The Hall–Kier alpha value is -3.64. The van der Waals surface area contributed by atoms with Gasteiger partial charge in [0.15, 0.2) is 0 Å². The van der Waals surface area contributed by atoms with Gasteiger partial charge in [0.05, 0.1) is 18.0 Å². The fourth-order valence-electron chi connectivity index (χ4n) is 3.41. The van der Waals surface area contributed by atoms with E-state index in [2.05, 4.69) is 10.6 Å². The summed E-state index contributed by atoms with van der Waals surface area (Å²) >= 11 is 0. The predicted molar refractivity (Wildman–Crippen MR) is 126 cm³/mol. The zero-order chi connectivity index (χ0) is 22.9. The molecule has 3 rings (SSSR count). The lowest BCUT2D eigenvalue weighted by Gasteiger charge is -2.19. The summed E-state index contributed by atoms with van der Waals surface area (Å²) in [5.41, 5.74) is 2.89. The summed E-state index contributed by atoms with van der Waals surface area (Å²) in [5.74, 6) is -0.316. The molecule has 1 atom stereocenters. The molecule has 0 heterocycles. The van der Waals surface area contributed by atoms with E-state index in [1.807, 2.05) is 67.6 Å². The van der Waals surface area contributed by atoms with Gasteiger partial charge in [0.1, 0.15) is 11.9 Å². The molecule has 3 aromatic carbocycles. The van der Waals surface area contributed by atoms with Crippen molar-refractivity contribution in [2.45, 2.75) is 32.3 Å². The molecular formula is C26H28N2O4. The molecule has 6 heteroatoms. The monoisotopic (exact) mass is 432 g/mol. The van der Waals surface area contributed by atoms with Gasteiger partial charge in [-0.1, -0.05) is 60.7 Å². The summed E-state index contributed by atoms with van der Waals surface area (Å²) in [4.78, 5) is 25.1. The molecule has 3 N–H and O–H groups in total. The Bertz CT molecular complexity index is 997. The molecule has 0 fully saturated rings. The average Bonchev–Trinajstić information content (AvgIpc) is 2.80. The lowest BCUT2D eigenvalue weighted by molar-refractivity contribution is -0.123. The van der Waals surface area contributed by atoms with Gasteiger partial charge in [-0.3, -0.25) is 9.59 Å². The minimum atomic E-state index is -1.18. The van der Waals surface area contributed by atoms with Crippen molar-refractivity contribution in [3.05, 3.63) is 90.0 Å². The molecule has 0 spiro atoms. The molecule has 32 heavy (non-hydrogen) atoms. The van der Waals surface area contributed by atoms with Crippen LogP contribution in [0.1, 0.15) is 37.3 Å². The topological polar surface area (TPSA) is 87.7 Å². The van der Waals surface area contributed by atoms with Crippen molar-refractivity contribution in [2.24, 2.45) is 0 Å². The van der Waals surface area contributed by atoms with E-state index in [4.69, 9.17) is 4.74 Å². The first-order valence-corrected chi connectivity index (χ1v) is 10.6. The van der Waals surface area contributed by atoms with Crippen LogP contribution in [-0.2, 0) is 9.59 Å². The summed E-state index contributed by atoms with van der Waals surface area (Å²) in [6, 6.07) is 24.8. The molecule has 166 valence electrons. The number of hydrogen-bond acceptors (Lipinski definition) is 4. The van der Waals surface area contributed by atoms with Gasteiger partial charge in [0.25, 0.3) is 5.91 Å². The van der Waals surface area contributed by atoms with Crippen LogP contribution >= 0.6 is 0 Å². The lowest BCUT2D eigenvalue weighted by atomic mass is 9.88. The van der Waals surface area contributed by atoms with Gasteiger partial charge in [-0.25, -0.2) is 0 Å². The molecule has 0 aliphatic heterocycles. The molecule has 0 saturated heterocycles. The fourth-order valence-corrected chi connectivity index (χ4v) is 3.41. The number of aliphatic hydroxyl groups is 1. The molecule has 0 saturated carbocycles. The number of amides is 2. The molecule has 6 nitrogen and oxygen atoms in total. The zero-order valence-electron chi connectivity index (χ0n) is 18.2. The number of anilines is 2. The second-order valence-electron chi connectivity index (χ2n) is 7.43. The highest BCUT2D eigenvalue weighted by molar-refractivity contribution is 6.01. The van der Waals surface area contributed by atoms with E-state index in [-0.39, 0.29) is 18.2 Å². The van der Waals surface area contributed by atoms with Crippen LogP contribution in [0.3, 0.4) is 0 Å². The number of carbonyl (C=O) groups excluding carboxylic acids is 2. The molecule has 0 aliphatic carbocycles. The highest BCUT2D eigenvalue weighted by Crippen LogP contribution is 2.31. The van der Waals surface area contributed by atoms with Crippen LogP contribution in [0.4, 0.5) is 11.4 Å². The first kappa shape index (κ1) is 23.0. The Morgan fingerprint density at radius 1 is 0.875 bits per heavy atom. The minimum absolute atomic E-state index is 0.122. The van der Waals surface area contributed by atoms with Gasteiger partial charge in [-0.05, 0) is 37.1 Å². The zero-order valence-corrected chi connectivity index (χ0v) is 18.2. The first-order chi connectivity index (χ1) is 15.5. The van der Waals surface area contributed by atoms with Crippen LogP contribution in [0.5, 0.6) is 5.75 Å². The quantitative estimate of drug-likeness (QED) is 0.462. The average molecular weight is 433 g/mol. The summed E-state index contributed by atoms with van der Waals surface area (Å²) in [7, 11) is 0. The van der Waals surface area contributed by atoms with E-state index in [1.165, 1.54) is 6.92 Å². The predicted octanol–water partition coefficient (Wildman–Crippen LogP) is 4.57. The number of ether oxygens (including phenoxy) is 1. The van der Waals surface area contributed by atoms with Crippen molar-refractivity contribution in [1.82, 2.24) is 0 Å². The van der Waals surface area contributed by atoms with E-state index in [0.29, 0.717) is 23.7 Å². The summed E-state index contributed by atoms with van der Waals surface area (Å²) < 4.78 is 5.54. The Morgan fingerprint density at radius 3 is 2.00 bits per heavy atom. The Kier molecular flexibility index (Phi) is 8.00. The van der Waals surface area contributed by atoms with Crippen molar-refractivity contribution >= 4 is 23.2 Å². The van der Waals surface area contributed by atoms with E-state index < -0.39 is 12.0 Å². The van der Waals surface area contributed by atoms with Gasteiger partial charge >= 0.3 is 0 Å². The third kappa shape index (κ3) is 6.18. The fraction of sp³-hybridized carbons (Fsp3) is 0.231. The minimum Gasteiger partial charge on any atom is -0.494 e. The van der Waals surface area contributed by atoms with Crippen LogP contribution in [0.2, 0.25) is 0 Å². The lowest BCUT2D eigenvalue weighted by Crippen LogP contribution is -2.25. The van der Waals surface area contributed by atoms with Crippen molar-refractivity contribution in [1.29, 1.82) is 0 Å². The largest absolute Gasteiger partial charge is 0.494 e. The van der Waals surface area contributed by atoms with Crippen LogP contribution in [0.25, 0.3) is 0 Å². The van der Waals surface area contributed by atoms with Gasteiger partial charge < -0.3 is 20.5 Å². The van der Waals surface area contributed by atoms with Crippen LogP contribution in [-0.4, -0.2) is 29.6 Å². The molecule has 0 radical (unpaired) electrons. The van der Waals surface area contributed by atoms with Gasteiger partial charge in [0.2, 0.25) is 5.91 Å². The van der Waals surface area contributed by atoms with E-state index in [9.17, 15) is 14.7 Å². The van der Waals surface area contributed by atoms with Gasteiger partial charge in [-0.2, -0.15) is 0 Å². The maximum absolute atomic E-state index is 13.1. The van der Waals surface area contributed by atoms with Crippen LogP contribution in [0.15, 0.2) is 78.9 Å². The number of nitrogens with one attached hydrogen (secondary N) is 2. The number of carbonyl (C=O) groups is 2. The number of benzene rings is 3. The smallest absolute Gasteiger partial charge is 0.252 e. The molecule has 3 aromatic rings. The van der Waals surface area contributed by atoms with Gasteiger partial charge in [-0.15, -0.1) is 0 Å². The highest BCUT2D eigenvalue weighted by Gasteiger charge is 2.20. The van der Waals surface area contributed by atoms with Crippen LogP contribution in [0, 0.1) is 0 Å². The normalized spacial score (nSPS) is 11.6. The summed E-state index contributed by atoms with van der Waals surface area (Å²) in [6.07, 6.45) is -0.956. The molecule has 2 amide bonds. The van der Waals surface area contributed by atoms with E-state index in [1.54, 1.807) is 18.2 Å². The SMILES string of the molecule is CCOc1ccc(NC(=O)[C@@H](C)O)c(NC(=O)CC(c2ccccc2)c2ccccc2)c1. The highest BCUT2D eigenvalue weighted by atomic mass is 16.5. The Balaban J connectivity index is 1.85. The number of rotatable bonds is 9. The van der Waals surface area contributed by atoms with E-state index in [0.717, 1.165) is 11.1 Å². The Labute approximate surface area is 188 Å². The standard InChI is InChI=1S/C26H28N2O4/c1-3-32-21-14-15-23(28-26(31)18(2)29)24(16-21)27-25(30)17-22(19-10-6-4-7-11-19)20-12-8-5-9-13-20/h4-16,18,22,29H,3,17H2,1-2H3,(H,27,30)(H,28,31)/t18-/m1/s1. The summed E-state index contributed by atoms with van der Waals surface area (Å²) in [5, 5.41) is 15.1. The van der Waals surface area contributed by atoms with Crippen molar-refractivity contribution in [2.75, 3.05) is 17.2 Å². The Morgan fingerprint density at radius 2 is 1.47 bits per heavy atom. The maximum Gasteiger partial charge on any atom is 0.252 e. The second-order valence-corrected chi connectivity index (χ2v) is 7.43. The van der Waals surface area contributed by atoms with Crippen molar-refractivity contribution in [3.63, 3.8) is 0 Å². The first-order valence-electron chi connectivity index (χ1n) is 10.6. The molecule has 0 bridgehead atoms. The number of aliphatic hydroxyl groups excluding tert-OH is 1. The maximum atomic E-state index is 13.1. The summed E-state index contributed by atoms with van der Waals surface area (Å²) in [6.45, 7) is 3.72. The molecular weight excluding hydrogens is 404 g/mol. The molecule has 0 unspecified atom stereocenters. The third-order valence-corrected chi connectivity index (χ3v) is 5.01. The third-order valence-electron chi connectivity index (χ3n) is 5.01. The molecule has 0 aromatic heterocycles.